The van der Waals surface area contributed by atoms with E-state index in [4.69, 9.17) is 0 Å². The van der Waals surface area contributed by atoms with E-state index in [-0.39, 0.29) is 6.03 Å². The molecule has 3 rings (SSSR count). The summed E-state index contributed by atoms with van der Waals surface area (Å²) in [5.41, 5.74) is 5.10. The third-order valence-electron chi connectivity index (χ3n) is 4.67. The van der Waals surface area contributed by atoms with Crippen LogP contribution in [0, 0.1) is 13.8 Å². The van der Waals surface area contributed by atoms with E-state index >= 15 is 0 Å². The number of fused-ring (bicyclic) bond motifs is 1. The second-order valence-corrected chi connectivity index (χ2v) is 7.01. The van der Waals surface area contributed by atoms with Crippen molar-refractivity contribution >= 4 is 22.9 Å². The van der Waals surface area contributed by atoms with Gasteiger partial charge < -0.3 is 10.4 Å². The van der Waals surface area contributed by atoms with E-state index in [2.05, 4.69) is 27.5 Å². The van der Waals surface area contributed by atoms with Gasteiger partial charge in [-0.25, -0.2) is 9.78 Å². The molecule has 0 saturated carbocycles. The standard InChI is InChI=1S/C22H26N4O2/c1-4-5-6-9-23-22(28)26-20-13-24-18-8-7-16(12-19(18)25-20)17-10-14(2)21(27)15(3)11-17/h7-8,10-13,27H,4-6,9H2,1-3H3,(H2,23,25,26,28). The number of hydrogen-bond donors (Lipinski definition) is 3. The minimum absolute atomic E-state index is 0.273. The normalized spacial score (nSPS) is 10.8. The number of anilines is 1. The summed E-state index contributed by atoms with van der Waals surface area (Å²) in [6.07, 6.45) is 4.72. The van der Waals surface area contributed by atoms with E-state index in [9.17, 15) is 9.90 Å². The maximum atomic E-state index is 12.0. The molecular formula is C22H26N4O2. The average Bonchev–Trinajstić information content (AvgIpc) is 2.68. The molecule has 0 fully saturated rings. The van der Waals surface area contributed by atoms with E-state index in [0.29, 0.717) is 23.6 Å². The Morgan fingerprint density at radius 2 is 1.79 bits per heavy atom. The van der Waals surface area contributed by atoms with Crippen molar-refractivity contribution in [2.24, 2.45) is 0 Å². The van der Waals surface area contributed by atoms with Gasteiger partial charge in [0.1, 0.15) is 5.75 Å². The van der Waals surface area contributed by atoms with Crippen LogP contribution in [0.3, 0.4) is 0 Å². The van der Waals surface area contributed by atoms with Gasteiger partial charge in [-0.3, -0.25) is 10.3 Å². The fourth-order valence-corrected chi connectivity index (χ4v) is 3.11. The van der Waals surface area contributed by atoms with Crippen molar-refractivity contribution in [2.45, 2.75) is 40.0 Å². The summed E-state index contributed by atoms with van der Waals surface area (Å²) in [5, 5.41) is 15.6. The number of rotatable bonds is 6. The Labute approximate surface area is 165 Å². The highest BCUT2D eigenvalue weighted by atomic mass is 16.3. The maximum Gasteiger partial charge on any atom is 0.320 e. The number of carbonyl (C=O) groups is 1. The number of aromatic nitrogens is 2. The maximum absolute atomic E-state index is 12.0. The van der Waals surface area contributed by atoms with Gasteiger partial charge in [0.25, 0.3) is 0 Å². The van der Waals surface area contributed by atoms with Crippen LogP contribution in [0.4, 0.5) is 10.6 Å². The van der Waals surface area contributed by atoms with Crippen molar-refractivity contribution in [2.75, 3.05) is 11.9 Å². The van der Waals surface area contributed by atoms with Crippen LogP contribution in [-0.4, -0.2) is 27.7 Å². The molecule has 6 nitrogen and oxygen atoms in total. The number of unbranched alkanes of at least 4 members (excludes halogenated alkanes) is 2. The van der Waals surface area contributed by atoms with Gasteiger partial charge in [0.2, 0.25) is 0 Å². The van der Waals surface area contributed by atoms with E-state index < -0.39 is 0 Å². The van der Waals surface area contributed by atoms with Crippen LogP contribution in [0.5, 0.6) is 5.75 Å². The number of phenols is 1. The lowest BCUT2D eigenvalue weighted by Gasteiger charge is -2.10. The molecule has 6 heteroatoms. The Balaban J connectivity index is 1.81. The quantitative estimate of drug-likeness (QED) is 0.531. The van der Waals surface area contributed by atoms with E-state index in [1.165, 1.54) is 0 Å². The summed E-state index contributed by atoms with van der Waals surface area (Å²) in [7, 11) is 0. The van der Waals surface area contributed by atoms with Gasteiger partial charge in [0, 0.05) is 6.54 Å². The summed E-state index contributed by atoms with van der Waals surface area (Å²) in [6, 6.07) is 9.45. The zero-order chi connectivity index (χ0) is 20.1. The Bertz CT molecular complexity index is 978. The lowest BCUT2D eigenvalue weighted by molar-refractivity contribution is 0.252. The molecule has 0 aliphatic rings. The molecule has 3 aromatic rings. The number of aryl methyl sites for hydroxylation is 2. The topological polar surface area (TPSA) is 87.1 Å². The largest absolute Gasteiger partial charge is 0.507 e. The SMILES string of the molecule is CCCCCNC(=O)Nc1cnc2ccc(-c3cc(C)c(O)c(C)c3)cc2n1. The predicted octanol–water partition coefficient (Wildman–Crippen LogP) is 4.93. The second-order valence-electron chi connectivity index (χ2n) is 7.01. The minimum Gasteiger partial charge on any atom is -0.507 e. The van der Waals surface area contributed by atoms with Gasteiger partial charge in [-0.05, 0) is 66.8 Å². The van der Waals surface area contributed by atoms with Crippen molar-refractivity contribution in [3.05, 3.63) is 47.7 Å². The molecule has 0 aliphatic carbocycles. The van der Waals surface area contributed by atoms with Gasteiger partial charge in [0.05, 0.1) is 17.2 Å². The summed E-state index contributed by atoms with van der Waals surface area (Å²) in [4.78, 5) is 20.9. The molecule has 0 spiro atoms. The lowest BCUT2D eigenvalue weighted by Crippen LogP contribution is -2.29. The van der Waals surface area contributed by atoms with Crippen molar-refractivity contribution in [3.63, 3.8) is 0 Å². The third kappa shape index (κ3) is 4.57. The van der Waals surface area contributed by atoms with Gasteiger partial charge in [-0.1, -0.05) is 25.8 Å². The number of hydrogen-bond acceptors (Lipinski definition) is 4. The van der Waals surface area contributed by atoms with Crippen LogP contribution in [0.15, 0.2) is 36.5 Å². The highest BCUT2D eigenvalue weighted by Gasteiger charge is 2.08. The first-order valence-electron chi connectivity index (χ1n) is 9.60. The molecule has 1 heterocycles. The number of amides is 2. The molecule has 0 aliphatic heterocycles. The molecule has 3 N–H and O–H groups in total. The lowest BCUT2D eigenvalue weighted by atomic mass is 9.99. The van der Waals surface area contributed by atoms with Crippen molar-refractivity contribution in [1.29, 1.82) is 0 Å². The molecule has 0 unspecified atom stereocenters. The number of urea groups is 1. The fourth-order valence-electron chi connectivity index (χ4n) is 3.11. The first-order chi connectivity index (χ1) is 13.5. The Hall–Kier alpha value is -3.15. The molecule has 2 aromatic carbocycles. The number of phenolic OH excluding ortho intramolecular Hbond substituents is 1. The highest BCUT2D eigenvalue weighted by molar-refractivity contribution is 5.90. The second kappa shape index (κ2) is 8.69. The van der Waals surface area contributed by atoms with E-state index in [0.717, 1.165) is 47.0 Å². The summed E-state index contributed by atoms with van der Waals surface area (Å²) >= 11 is 0. The van der Waals surface area contributed by atoms with Crippen molar-refractivity contribution in [3.8, 4) is 16.9 Å². The molecular weight excluding hydrogens is 352 g/mol. The number of benzene rings is 2. The first-order valence-corrected chi connectivity index (χ1v) is 9.60. The van der Waals surface area contributed by atoms with Gasteiger partial charge in [-0.2, -0.15) is 0 Å². The molecule has 146 valence electrons. The number of aromatic hydroxyl groups is 1. The molecule has 0 atom stereocenters. The molecule has 1 aromatic heterocycles. The smallest absolute Gasteiger partial charge is 0.320 e. The van der Waals surface area contributed by atoms with E-state index in [1.807, 2.05) is 44.2 Å². The van der Waals surface area contributed by atoms with Crippen LogP contribution in [0.25, 0.3) is 22.2 Å². The van der Waals surface area contributed by atoms with Gasteiger partial charge in [0.15, 0.2) is 5.82 Å². The van der Waals surface area contributed by atoms with Crippen LogP contribution in [-0.2, 0) is 0 Å². The van der Waals surface area contributed by atoms with Crippen molar-refractivity contribution in [1.82, 2.24) is 15.3 Å². The first kappa shape index (κ1) is 19.6. The Kier molecular flexibility index (Phi) is 6.09. The van der Waals surface area contributed by atoms with Gasteiger partial charge >= 0.3 is 6.03 Å². The predicted molar refractivity (Wildman–Crippen MR) is 113 cm³/mol. The molecule has 2 amide bonds. The molecule has 0 saturated heterocycles. The number of nitrogens with one attached hydrogen (secondary N) is 2. The van der Waals surface area contributed by atoms with Crippen molar-refractivity contribution < 1.29 is 9.90 Å². The highest BCUT2D eigenvalue weighted by Crippen LogP contribution is 2.30. The summed E-state index contributed by atoms with van der Waals surface area (Å²) in [5.74, 6) is 0.733. The van der Waals surface area contributed by atoms with Gasteiger partial charge in [-0.15, -0.1) is 0 Å². The molecule has 0 bridgehead atoms. The average molecular weight is 378 g/mol. The zero-order valence-corrected chi connectivity index (χ0v) is 16.5. The van der Waals surface area contributed by atoms with Crippen LogP contribution in [0.2, 0.25) is 0 Å². The monoisotopic (exact) mass is 378 g/mol. The van der Waals surface area contributed by atoms with E-state index in [1.54, 1.807) is 6.20 Å². The Morgan fingerprint density at radius 3 is 2.50 bits per heavy atom. The molecule has 28 heavy (non-hydrogen) atoms. The fraction of sp³-hybridized carbons (Fsp3) is 0.318. The Morgan fingerprint density at radius 1 is 1.04 bits per heavy atom. The zero-order valence-electron chi connectivity index (χ0n) is 16.5. The summed E-state index contributed by atoms with van der Waals surface area (Å²) in [6.45, 7) is 6.53. The van der Waals surface area contributed by atoms with Crippen LogP contribution >= 0.6 is 0 Å². The number of nitrogens with zero attached hydrogens (tertiary/aromatic N) is 2. The van der Waals surface area contributed by atoms with Crippen LogP contribution < -0.4 is 10.6 Å². The van der Waals surface area contributed by atoms with Crippen LogP contribution in [0.1, 0.15) is 37.3 Å². The summed E-state index contributed by atoms with van der Waals surface area (Å²) < 4.78 is 0. The number of carbonyl (C=O) groups excluding carboxylic acids is 1. The molecule has 0 radical (unpaired) electrons. The third-order valence-corrected chi connectivity index (χ3v) is 4.67. The minimum atomic E-state index is -0.273.